The molecule has 0 bridgehead atoms. The number of Topliss-reactive ketones (excluding diaryl/α,β-unsaturated/α-hetero) is 1. The number of carboxylic acid groups (broad SMARTS) is 1. The molecule has 1 aromatic heterocycles. The molecule has 0 spiro atoms. The number of aliphatic carboxylic acids is 1. The highest BCUT2D eigenvalue weighted by Crippen LogP contribution is 2.24. The maximum absolute atomic E-state index is 13.3. The van der Waals surface area contributed by atoms with Crippen LogP contribution in [-0.2, 0) is 34.4 Å². The summed E-state index contributed by atoms with van der Waals surface area (Å²) in [6.45, 7) is 0.647. The topological polar surface area (TPSA) is 239 Å². The van der Waals surface area contributed by atoms with Crippen molar-refractivity contribution in [3.05, 3.63) is 76.7 Å². The SMILES string of the molecule is Cc1ccc(S(=O)(=O)NC(N)=NCC(CCNC(=O)CN2CCN(S(=O)(=O)c3ccccc3)[C@H](CC(=O)O)C2=O)C(=O)c2nccs2)cc1. The van der Waals surface area contributed by atoms with Gasteiger partial charge in [-0.2, -0.15) is 4.31 Å². The number of nitrogens with zero attached hydrogens (tertiary/aromatic N) is 4. The lowest BCUT2D eigenvalue weighted by Gasteiger charge is -2.38. The van der Waals surface area contributed by atoms with Crippen LogP contribution in [0.5, 0.6) is 0 Å². The zero-order valence-corrected chi connectivity index (χ0v) is 28.7. The molecule has 2 aromatic carbocycles. The number of amides is 2. The van der Waals surface area contributed by atoms with Crippen molar-refractivity contribution >= 4 is 60.9 Å². The number of rotatable bonds is 15. The van der Waals surface area contributed by atoms with Gasteiger partial charge in [-0.3, -0.25) is 24.2 Å². The average Bonchev–Trinajstić information content (AvgIpc) is 3.60. The molecule has 3 aromatic rings. The number of thiazole rings is 1. The quantitative estimate of drug-likeness (QED) is 0.0949. The number of guanidine groups is 1. The van der Waals surface area contributed by atoms with Crippen LogP contribution in [0.15, 0.2) is 81.0 Å². The van der Waals surface area contributed by atoms with E-state index in [1.54, 1.807) is 23.6 Å². The van der Waals surface area contributed by atoms with Gasteiger partial charge in [-0.25, -0.2) is 26.5 Å². The number of hydrogen-bond acceptors (Lipinski definition) is 11. The summed E-state index contributed by atoms with van der Waals surface area (Å²) in [7, 11) is -8.23. The molecule has 1 aliphatic heterocycles. The highest BCUT2D eigenvalue weighted by atomic mass is 32.2. The Labute approximate surface area is 287 Å². The predicted molar refractivity (Wildman–Crippen MR) is 179 cm³/mol. The number of nitrogens with one attached hydrogen (secondary N) is 2. The highest BCUT2D eigenvalue weighted by molar-refractivity contribution is 7.90. The van der Waals surface area contributed by atoms with E-state index in [0.717, 1.165) is 26.1 Å². The van der Waals surface area contributed by atoms with Crippen molar-refractivity contribution in [2.75, 3.05) is 32.7 Å². The van der Waals surface area contributed by atoms with Gasteiger partial charge < -0.3 is 21.1 Å². The van der Waals surface area contributed by atoms with Crippen LogP contribution in [0.2, 0.25) is 0 Å². The molecule has 1 fully saturated rings. The Morgan fingerprint density at radius 3 is 2.39 bits per heavy atom. The van der Waals surface area contributed by atoms with Crippen LogP contribution in [-0.4, -0.2) is 104 Å². The van der Waals surface area contributed by atoms with Crippen molar-refractivity contribution < 1.29 is 41.1 Å². The molecule has 0 saturated carbocycles. The molecular weight excluding hydrogens is 699 g/mol. The fourth-order valence-electron chi connectivity index (χ4n) is 4.94. The Kier molecular flexibility index (Phi) is 12.2. The van der Waals surface area contributed by atoms with E-state index < -0.39 is 74.5 Å². The van der Waals surface area contributed by atoms with Crippen LogP contribution in [0.3, 0.4) is 0 Å². The minimum atomic E-state index is -4.20. The fourth-order valence-corrected chi connectivity index (χ4v) is 8.14. The molecule has 2 heterocycles. The van der Waals surface area contributed by atoms with Crippen LogP contribution < -0.4 is 15.8 Å². The van der Waals surface area contributed by atoms with Crippen LogP contribution in [0, 0.1) is 12.8 Å². The largest absolute Gasteiger partial charge is 0.481 e. The maximum Gasteiger partial charge on any atom is 0.305 e. The normalized spacial score (nSPS) is 16.6. The van der Waals surface area contributed by atoms with E-state index in [1.165, 1.54) is 42.6 Å². The Morgan fingerprint density at radius 2 is 1.76 bits per heavy atom. The van der Waals surface area contributed by atoms with Crippen LogP contribution in [0.1, 0.15) is 28.2 Å². The van der Waals surface area contributed by atoms with Gasteiger partial charge >= 0.3 is 5.97 Å². The molecule has 5 N–H and O–H groups in total. The molecule has 2 amide bonds. The molecule has 262 valence electrons. The van der Waals surface area contributed by atoms with Crippen molar-refractivity contribution in [1.29, 1.82) is 0 Å². The van der Waals surface area contributed by atoms with Gasteiger partial charge in [-0.15, -0.1) is 11.3 Å². The number of aryl methyl sites for hydroxylation is 1. The molecule has 0 aliphatic carbocycles. The summed E-state index contributed by atoms with van der Waals surface area (Å²) in [5, 5.41) is 13.8. The van der Waals surface area contributed by atoms with E-state index >= 15 is 0 Å². The molecule has 49 heavy (non-hydrogen) atoms. The van der Waals surface area contributed by atoms with E-state index in [9.17, 15) is 41.1 Å². The van der Waals surface area contributed by atoms with E-state index in [-0.39, 0.29) is 47.4 Å². The number of ketones is 1. The zero-order chi connectivity index (χ0) is 35.8. The second-order valence-electron chi connectivity index (χ2n) is 11.0. The molecule has 4 rings (SSSR count). The van der Waals surface area contributed by atoms with Gasteiger partial charge in [0, 0.05) is 37.1 Å². The minimum Gasteiger partial charge on any atom is -0.481 e. The number of aromatic nitrogens is 1. The van der Waals surface area contributed by atoms with Gasteiger partial charge in [-0.05, 0) is 37.6 Å². The highest BCUT2D eigenvalue weighted by Gasteiger charge is 2.43. The smallest absolute Gasteiger partial charge is 0.305 e. The molecule has 1 aliphatic rings. The summed E-state index contributed by atoms with van der Waals surface area (Å²) in [5.41, 5.74) is 6.71. The second-order valence-corrected chi connectivity index (χ2v) is 15.5. The third kappa shape index (κ3) is 9.68. The molecule has 2 atom stereocenters. The minimum absolute atomic E-state index is 0.0265. The number of sulfonamides is 2. The standard InChI is InChI=1S/C30H35N7O9S3/c1-20-7-9-22(10-8-20)48(43,44)35-30(31)34-18-21(27(41)28-33-13-16-47-28)11-12-32-25(38)19-36-14-15-37(24(29(36)42)17-26(39)40)49(45,46)23-5-3-2-4-6-23/h2-10,13,16,21,24H,11-12,14-15,17-19H2,1H3,(H,32,38)(H,39,40)(H3,31,34,35)/t21?,24-/m1/s1. The first-order valence-electron chi connectivity index (χ1n) is 14.9. The summed E-state index contributed by atoms with van der Waals surface area (Å²) in [5.74, 6) is -4.55. The lowest BCUT2D eigenvalue weighted by atomic mass is 10.0. The fraction of sp³-hybridized carbons (Fsp3) is 0.333. The lowest BCUT2D eigenvalue weighted by Crippen LogP contribution is -2.60. The van der Waals surface area contributed by atoms with Crippen LogP contribution in [0.25, 0.3) is 0 Å². The van der Waals surface area contributed by atoms with Crippen molar-refractivity contribution in [3.63, 3.8) is 0 Å². The predicted octanol–water partition coefficient (Wildman–Crippen LogP) is 0.426. The number of carboxylic acids is 1. The van der Waals surface area contributed by atoms with Gasteiger partial charge in [-0.1, -0.05) is 35.9 Å². The molecular formula is C30H35N7O9S3. The summed E-state index contributed by atoms with van der Waals surface area (Å²) in [6, 6.07) is 11.8. The van der Waals surface area contributed by atoms with Crippen molar-refractivity contribution in [2.45, 2.75) is 35.6 Å². The summed E-state index contributed by atoms with van der Waals surface area (Å²) < 4.78 is 54.8. The zero-order valence-electron chi connectivity index (χ0n) is 26.3. The van der Waals surface area contributed by atoms with Crippen molar-refractivity contribution in [2.24, 2.45) is 16.6 Å². The first-order chi connectivity index (χ1) is 23.2. The average molecular weight is 734 g/mol. The van der Waals surface area contributed by atoms with Crippen molar-refractivity contribution in [3.8, 4) is 0 Å². The number of benzene rings is 2. The number of piperazine rings is 1. The molecule has 16 nitrogen and oxygen atoms in total. The first-order valence-corrected chi connectivity index (χ1v) is 18.7. The number of aliphatic imine (C=N–C) groups is 1. The van der Waals surface area contributed by atoms with Gasteiger partial charge in [0.1, 0.15) is 6.04 Å². The Balaban J connectivity index is 1.38. The molecule has 19 heteroatoms. The van der Waals surface area contributed by atoms with E-state index in [0.29, 0.717) is 0 Å². The Hall–Kier alpha value is -4.72. The maximum atomic E-state index is 13.3. The third-order valence-electron chi connectivity index (χ3n) is 7.47. The van der Waals surface area contributed by atoms with E-state index in [2.05, 4.69) is 20.0 Å². The lowest BCUT2D eigenvalue weighted by molar-refractivity contribution is -0.148. The summed E-state index contributed by atoms with van der Waals surface area (Å²) in [4.78, 5) is 60.0. The van der Waals surface area contributed by atoms with Crippen molar-refractivity contribution in [1.82, 2.24) is 24.2 Å². The monoisotopic (exact) mass is 733 g/mol. The van der Waals surface area contributed by atoms with Gasteiger partial charge in [0.25, 0.3) is 10.0 Å². The number of hydrogen-bond donors (Lipinski definition) is 4. The molecule has 1 unspecified atom stereocenters. The van der Waals surface area contributed by atoms with Gasteiger partial charge in [0.2, 0.25) is 27.8 Å². The number of nitrogens with two attached hydrogens (primary N) is 1. The first kappa shape index (κ1) is 37.1. The number of carbonyl (C=O) groups is 4. The Bertz CT molecular complexity index is 1900. The molecule has 0 radical (unpaired) electrons. The van der Waals surface area contributed by atoms with Gasteiger partial charge in [0.05, 0.1) is 29.3 Å². The Morgan fingerprint density at radius 1 is 1.06 bits per heavy atom. The van der Waals surface area contributed by atoms with Gasteiger partial charge in [0.15, 0.2) is 10.8 Å². The van der Waals surface area contributed by atoms with E-state index in [1.807, 2.05) is 6.92 Å². The number of carbonyl (C=O) groups excluding carboxylic acids is 3. The summed E-state index contributed by atoms with van der Waals surface area (Å²) in [6.07, 6.45) is 0.697. The third-order valence-corrected chi connectivity index (χ3v) is 11.5. The second kappa shape index (κ2) is 16.1. The van der Waals surface area contributed by atoms with E-state index in [4.69, 9.17) is 5.73 Å². The van der Waals surface area contributed by atoms with Crippen LogP contribution in [0.4, 0.5) is 0 Å². The summed E-state index contributed by atoms with van der Waals surface area (Å²) >= 11 is 1.10. The molecule has 1 saturated heterocycles. The van der Waals surface area contributed by atoms with Crippen LogP contribution >= 0.6 is 11.3 Å².